The van der Waals surface area contributed by atoms with Gasteiger partial charge in [0.2, 0.25) is 11.5 Å². The molecule has 1 saturated heterocycles. The first-order valence-corrected chi connectivity index (χ1v) is 12.8. The maximum atomic E-state index is 14.1. The smallest absolute Gasteiger partial charge is 0.338 e. The SMILES string of the molecule is Cc1cc(CN(CCc2cncc(C(F)(F)F)c2)C(=O)C2(CC3CC3)CCNC2)cc2[nH]c(=O)ccc12. The number of fused-ring (bicyclic) bond motifs is 1. The number of aromatic nitrogens is 2. The van der Waals surface area contributed by atoms with Gasteiger partial charge in [0.05, 0.1) is 11.0 Å². The number of nitrogens with zero attached hydrogens (tertiary/aromatic N) is 2. The van der Waals surface area contributed by atoms with Crippen molar-refractivity contribution in [1.29, 1.82) is 0 Å². The molecule has 1 aromatic carbocycles. The minimum Gasteiger partial charge on any atom is -0.338 e. The van der Waals surface area contributed by atoms with E-state index in [1.54, 1.807) is 11.0 Å². The minimum absolute atomic E-state index is 0.0450. The van der Waals surface area contributed by atoms with E-state index in [-0.39, 0.29) is 24.4 Å². The molecule has 3 heterocycles. The molecule has 0 radical (unpaired) electrons. The lowest BCUT2D eigenvalue weighted by Gasteiger charge is -2.34. The molecule has 1 aliphatic heterocycles. The van der Waals surface area contributed by atoms with Crippen LogP contribution < -0.4 is 10.9 Å². The van der Waals surface area contributed by atoms with Crippen LogP contribution in [-0.2, 0) is 23.9 Å². The van der Waals surface area contributed by atoms with Crippen LogP contribution in [0.4, 0.5) is 13.2 Å². The first kappa shape index (κ1) is 25.4. The maximum absolute atomic E-state index is 14.1. The number of benzene rings is 1. The summed E-state index contributed by atoms with van der Waals surface area (Å²) in [6.45, 7) is 3.94. The van der Waals surface area contributed by atoms with Gasteiger partial charge in [-0.05, 0) is 73.5 Å². The Balaban J connectivity index is 1.44. The van der Waals surface area contributed by atoms with Gasteiger partial charge in [-0.1, -0.05) is 18.9 Å². The second-order valence-corrected chi connectivity index (χ2v) is 10.6. The number of hydrogen-bond acceptors (Lipinski definition) is 4. The number of halogens is 3. The molecule has 196 valence electrons. The lowest BCUT2D eigenvalue weighted by molar-refractivity contribution is -0.142. The average molecular weight is 513 g/mol. The summed E-state index contributed by atoms with van der Waals surface area (Å²) >= 11 is 0. The number of aryl methyl sites for hydroxylation is 1. The van der Waals surface area contributed by atoms with Gasteiger partial charge in [-0.15, -0.1) is 0 Å². The second-order valence-electron chi connectivity index (χ2n) is 10.6. The molecule has 2 aliphatic rings. The van der Waals surface area contributed by atoms with Crippen molar-refractivity contribution in [2.45, 2.75) is 51.7 Å². The van der Waals surface area contributed by atoms with Crippen molar-refractivity contribution >= 4 is 16.8 Å². The summed E-state index contributed by atoms with van der Waals surface area (Å²) in [5.74, 6) is 0.606. The molecule has 1 atom stereocenters. The fourth-order valence-electron chi connectivity index (χ4n) is 5.54. The van der Waals surface area contributed by atoms with E-state index in [1.807, 2.05) is 19.1 Å². The van der Waals surface area contributed by atoms with Gasteiger partial charge in [-0.25, -0.2) is 0 Å². The van der Waals surface area contributed by atoms with Crippen LogP contribution in [0.3, 0.4) is 0 Å². The fraction of sp³-hybridized carbons (Fsp3) is 0.464. The average Bonchev–Trinajstić information content (AvgIpc) is 3.54. The molecule has 1 saturated carbocycles. The van der Waals surface area contributed by atoms with Gasteiger partial charge in [0.15, 0.2) is 0 Å². The summed E-state index contributed by atoms with van der Waals surface area (Å²) in [7, 11) is 0. The van der Waals surface area contributed by atoms with Crippen molar-refractivity contribution in [2.75, 3.05) is 19.6 Å². The third kappa shape index (κ3) is 5.71. The summed E-state index contributed by atoms with van der Waals surface area (Å²) in [4.78, 5) is 34.5. The number of H-pyrrole nitrogens is 1. The van der Waals surface area contributed by atoms with Gasteiger partial charge in [-0.3, -0.25) is 14.6 Å². The molecule has 3 aromatic rings. The molecule has 37 heavy (non-hydrogen) atoms. The highest BCUT2D eigenvalue weighted by Crippen LogP contribution is 2.44. The fourth-order valence-corrected chi connectivity index (χ4v) is 5.54. The minimum atomic E-state index is -4.47. The third-order valence-corrected chi connectivity index (χ3v) is 7.63. The molecule has 1 aliphatic carbocycles. The highest BCUT2D eigenvalue weighted by atomic mass is 19.4. The monoisotopic (exact) mass is 512 g/mol. The number of carbonyl (C=O) groups excluding carboxylic acids is 1. The van der Waals surface area contributed by atoms with E-state index >= 15 is 0 Å². The highest BCUT2D eigenvalue weighted by molar-refractivity contribution is 5.85. The molecule has 0 spiro atoms. The molecule has 5 rings (SSSR count). The Morgan fingerprint density at radius 2 is 1.97 bits per heavy atom. The van der Waals surface area contributed by atoms with Crippen molar-refractivity contribution in [3.8, 4) is 0 Å². The predicted molar refractivity (Wildman–Crippen MR) is 135 cm³/mol. The van der Waals surface area contributed by atoms with Crippen molar-refractivity contribution in [1.82, 2.24) is 20.2 Å². The van der Waals surface area contributed by atoms with Crippen LogP contribution in [0.25, 0.3) is 10.9 Å². The largest absolute Gasteiger partial charge is 0.417 e. The molecule has 1 unspecified atom stereocenters. The second kappa shape index (κ2) is 9.93. The molecule has 0 bridgehead atoms. The van der Waals surface area contributed by atoms with Crippen molar-refractivity contribution in [3.63, 3.8) is 0 Å². The maximum Gasteiger partial charge on any atom is 0.417 e. The molecule has 2 N–H and O–H groups in total. The Kier molecular flexibility index (Phi) is 6.83. The number of pyridine rings is 2. The van der Waals surface area contributed by atoms with Crippen LogP contribution in [0.1, 0.15) is 47.9 Å². The summed E-state index contributed by atoms with van der Waals surface area (Å²) in [5.41, 5.74) is 1.51. The molecule has 1 amide bonds. The molecule has 2 fully saturated rings. The lowest BCUT2D eigenvalue weighted by Crippen LogP contribution is -2.46. The van der Waals surface area contributed by atoms with Crippen LogP contribution in [0.15, 0.2) is 47.5 Å². The Morgan fingerprint density at radius 3 is 2.68 bits per heavy atom. The first-order chi connectivity index (χ1) is 17.6. The van der Waals surface area contributed by atoms with Gasteiger partial charge < -0.3 is 15.2 Å². The van der Waals surface area contributed by atoms with E-state index in [0.29, 0.717) is 30.1 Å². The van der Waals surface area contributed by atoms with Gasteiger partial charge >= 0.3 is 6.18 Å². The topological polar surface area (TPSA) is 78.1 Å². The van der Waals surface area contributed by atoms with Gasteiger partial charge in [0.1, 0.15) is 0 Å². The Bertz CT molecular complexity index is 1360. The van der Waals surface area contributed by atoms with Crippen LogP contribution in [0, 0.1) is 18.3 Å². The molecular formula is C28H31F3N4O2. The zero-order valence-electron chi connectivity index (χ0n) is 20.8. The quantitative estimate of drug-likeness (QED) is 0.463. The summed E-state index contributed by atoms with van der Waals surface area (Å²) in [5, 5.41) is 4.29. The number of hydrogen-bond donors (Lipinski definition) is 2. The molecular weight excluding hydrogens is 481 g/mol. The number of amides is 1. The third-order valence-electron chi connectivity index (χ3n) is 7.63. The van der Waals surface area contributed by atoms with E-state index in [1.165, 1.54) is 12.3 Å². The van der Waals surface area contributed by atoms with Gasteiger partial charge in [-0.2, -0.15) is 13.2 Å². The van der Waals surface area contributed by atoms with Crippen LogP contribution in [0.5, 0.6) is 0 Å². The summed E-state index contributed by atoms with van der Waals surface area (Å²) < 4.78 is 39.7. The standard InChI is InChI=1S/C28H31F3N4O2/c1-18-10-21(12-24-23(18)4-5-25(36)34-24)16-35(9-6-20-11-22(15-33-14-20)28(29,30)31)26(37)27(7-8-32-17-27)13-19-2-3-19/h4-5,10-12,14-15,19,32H,2-3,6-9,13,16-17H2,1H3,(H,34,36). The van der Waals surface area contributed by atoms with Crippen molar-refractivity contribution < 1.29 is 18.0 Å². The van der Waals surface area contributed by atoms with E-state index in [2.05, 4.69) is 15.3 Å². The van der Waals surface area contributed by atoms with E-state index < -0.39 is 17.2 Å². The Labute approximate surface area is 213 Å². The normalized spacial score (nSPS) is 19.9. The number of aromatic amines is 1. The zero-order chi connectivity index (χ0) is 26.2. The lowest BCUT2D eigenvalue weighted by atomic mass is 9.80. The van der Waals surface area contributed by atoms with Gasteiger partial charge in [0.25, 0.3) is 0 Å². The summed E-state index contributed by atoms with van der Waals surface area (Å²) in [6, 6.07) is 8.27. The number of nitrogens with one attached hydrogen (secondary N) is 2. The van der Waals surface area contributed by atoms with E-state index in [9.17, 15) is 22.8 Å². The van der Waals surface area contributed by atoms with Crippen LogP contribution >= 0.6 is 0 Å². The van der Waals surface area contributed by atoms with Crippen molar-refractivity contribution in [2.24, 2.45) is 11.3 Å². The highest BCUT2D eigenvalue weighted by Gasteiger charge is 2.46. The predicted octanol–water partition coefficient (Wildman–Crippen LogP) is 4.60. The van der Waals surface area contributed by atoms with Crippen LogP contribution in [-0.4, -0.2) is 40.4 Å². The van der Waals surface area contributed by atoms with Crippen LogP contribution in [0.2, 0.25) is 0 Å². The van der Waals surface area contributed by atoms with Gasteiger partial charge in [0, 0.05) is 49.0 Å². The first-order valence-electron chi connectivity index (χ1n) is 12.8. The molecule has 9 heteroatoms. The molecule has 2 aromatic heterocycles. The zero-order valence-corrected chi connectivity index (χ0v) is 20.8. The van der Waals surface area contributed by atoms with E-state index in [4.69, 9.17) is 0 Å². The Hall–Kier alpha value is -3.20. The summed E-state index contributed by atoms with van der Waals surface area (Å²) in [6.07, 6.45) is 1.92. The molecule has 6 nitrogen and oxygen atoms in total. The number of carbonyl (C=O) groups is 1. The van der Waals surface area contributed by atoms with Crippen molar-refractivity contribution in [3.05, 3.63) is 75.3 Å². The Morgan fingerprint density at radius 1 is 1.16 bits per heavy atom. The van der Waals surface area contributed by atoms with E-state index in [0.717, 1.165) is 61.0 Å². The number of rotatable bonds is 8. The number of alkyl halides is 3.